The van der Waals surface area contributed by atoms with Gasteiger partial charge < -0.3 is 15.4 Å². The first kappa shape index (κ1) is 13.5. The number of likely N-dealkylation sites (N-methyl/N-ethyl adjacent to an activating group) is 1. The van der Waals surface area contributed by atoms with Gasteiger partial charge >= 0.3 is 0 Å². The summed E-state index contributed by atoms with van der Waals surface area (Å²) in [4.78, 5) is 11.0. The summed E-state index contributed by atoms with van der Waals surface area (Å²) in [6.07, 6.45) is 5.09. The zero-order valence-corrected chi connectivity index (χ0v) is 10.4. The average Bonchev–Trinajstić information content (AvgIpc) is 2.30. The van der Waals surface area contributed by atoms with Crippen molar-refractivity contribution in [1.82, 2.24) is 10.6 Å². The Labute approximate surface area is 98.1 Å². The SMILES string of the molecule is CNC(=O)CNCC1CCCC(COC)C1. The quantitative estimate of drug-likeness (QED) is 0.706. The van der Waals surface area contributed by atoms with Crippen molar-refractivity contribution in [2.24, 2.45) is 11.8 Å². The predicted molar refractivity (Wildman–Crippen MR) is 64.3 cm³/mol. The molecule has 1 aliphatic carbocycles. The maximum absolute atomic E-state index is 11.0. The van der Waals surface area contributed by atoms with Crippen molar-refractivity contribution < 1.29 is 9.53 Å². The molecule has 0 saturated heterocycles. The fraction of sp³-hybridized carbons (Fsp3) is 0.917. The molecule has 94 valence electrons. The van der Waals surface area contributed by atoms with E-state index in [0.29, 0.717) is 18.4 Å². The molecule has 2 unspecified atom stereocenters. The summed E-state index contributed by atoms with van der Waals surface area (Å²) >= 11 is 0. The fourth-order valence-electron chi connectivity index (χ4n) is 2.45. The third-order valence-corrected chi connectivity index (χ3v) is 3.29. The van der Waals surface area contributed by atoms with Crippen molar-refractivity contribution in [1.29, 1.82) is 0 Å². The Bertz CT molecular complexity index is 207. The van der Waals surface area contributed by atoms with Gasteiger partial charge in [-0.25, -0.2) is 0 Å². The Balaban J connectivity index is 2.14. The van der Waals surface area contributed by atoms with Crippen LogP contribution in [0.25, 0.3) is 0 Å². The standard InChI is InChI=1S/C12H24N2O2/c1-13-12(15)8-14-7-10-4-3-5-11(6-10)9-16-2/h10-11,14H,3-9H2,1-2H3,(H,13,15). The van der Waals surface area contributed by atoms with Crippen LogP contribution >= 0.6 is 0 Å². The van der Waals surface area contributed by atoms with Crippen LogP contribution in [0.3, 0.4) is 0 Å². The number of methoxy groups -OCH3 is 1. The Morgan fingerprint density at radius 3 is 2.81 bits per heavy atom. The van der Waals surface area contributed by atoms with Gasteiger partial charge in [-0.05, 0) is 37.6 Å². The number of nitrogens with one attached hydrogen (secondary N) is 2. The maximum Gasteiger partial charge on any atom is 0.233 e. The molecule has 4 nitrogen and oxygen atoms in total. The van der Waals surface area contributed by atoms with E-state index in [1.165, 1.54) is 25.7 Å². The van der Waals surface area contributed by atoms with Crippen LogP contribution in [0.4, 0.5) is 0 Å². The normalized spacial score (nSPS) is 25.4. The number of carbonyl (C=O) groups is 1. The molecule has 0 aliphatic heterocycles. The molecule has 0 heterocycles. The number of hydrogen-bond acceptors (Lipinski definition) is 3. The molecule has 2 N–H and O–H groups in total. The molecule has 1 aliphatic rings. The first-order chi connectivity index (χ1) is 7.76. The molecule has 0 spiro atoms. The Morgan fingerprint density at radius 1 is 1.38 bits per heavy atom. The van der Waals surface area contributed by atoms with E-state index in [9.17, 15) is 4.79 Å². The molecule has 16 heavy (non-hydrogen) atoms. The third-order valence-electron chi connectivity index (χ3n) is 3.29. The molecular formula is C12H24N2O2. The van der Waals surface area contributed by atoms with Gasteiger partial charge in [0.1, 0.15) is 0 Å². The molecule has 0 aromatic heterocycles. The van der Waals surface area contributed by atoms with Crippen LogP contribution in [0.1, 0.15) is 25.7 Å². The van der Waals surface area contributed by atoms with E-state index < -0.39 is 0 Å². The van der Waals surface area contributed by atoms with Crippen LogP contribution in [-0.2, 0) is 9.53 Å². The minimum atomic E-state index is 0.0595. The molecule has 0 aromatic carbocycles. The van der Waals surface area contributed by atoms with Crippen LogP contribution in [0.5, 0.6) is 0 Å². The Morgan fingerprint density at radius 2 is 2.12 bits per heavy atom. The summed E-state index contributed by atoms with van der Waals surface area (Å²) in [5, 5.41) is 5.83. The van der Waals surface area contributed by atoms with Crippen molar-refractivity contribution in [2.45, 2.75) is 25.7 Å². The second kappa shape index (κ2) is 7.63. The first-order valence-electron chi connectivity index (χ1n) is 6.16. The molecule has 4 heteroatoms. The summed E-state index contributed by atoms with van der Waals surface area (Å²) in [6, 6.07) is 0. The molecule has 0 radical (unpaired) electrons. The largest absolute Gasteiger partial charge is 0.384 e. The van der Waals surface area contributed by atoms with Crippen LogP contribution in [0, 0.1) is 11.8 Å². The molecule has 2 atom stereocenters. The van der Waals surface area contributed by atoms with Gasteiger partial charge in [0.05, 0.1) is 6.54 Å². The molecule has 0 bridgehead atoms. The zero-order chi connectivity index (χ0) is 11.8. The van der Waals surface area contributed by atoms with Crippen molar-refractivity contribution in [2.75, 3.05) is 33.9 Å². The van der Waals surface area contributed by atoms with Crippen molar-refractivity contribution in [3.8, 4) is 0 Å². The topological polar surface area (TPSA) is 50.4 Å². The highest BCUT2D eigenvalue weighted by molar-refractivity contribution is 5.77. The smallest absolute Gasteiger partial charge is 0.233 e. The van der Waals surface area contributed by atoms with Crippen LogP contribution in [0.2, 0.25) is 0 Å². The van der Waals surface area contributed by atoms with Gasteiger partial charge in [0, 0.05) is 20.8 Å². The lowest BCUT2D eigenvalue weighted by Gasteiger charge is -2.28. The second-order valence-electron chi connectivity index (χ2n) is 4.66. The fourth-order valence-corrected chi connectivity index (χ4v) is 2.45. The van der Waals surface area contributed by atoms with Crippen molar-refractivity contribution in [3.05, 3.63) is 0 Å². The van der Waals surface area contributed by atoms with Crippen molar-refractivity contribution in [3.63, 3.8) is 0 Å². The molecule has 1 amide bonds. The van der Waals surface area contributed by atoms with Gasteiger partial charge in [0.2, 0.25) is 5.91 Å². The Kier molecular flexibility index (Phi) is 6.42. The zero-order valence-electron chi connectivity index (χ0n) is 10.4. The first-order valence-corrected chi connectivity index (χ1v) is 6.16. The molecule has 1 rings (SSSR count). The highest BCUT2D eigenvalue weighted by atomic mass is 16.5. The summed E-state index contributed by atoms with van der Waals surface area (Å²) in [5.41, 5.74) is 0. The van der Waals surface area contributed by atoms with Gasteiger partial charge in [0.15, 0.2) is 0 Å². The van der Waals surface area contributed by atoms with Gasteiger partial charge in [-0.2, -0.15) is 0 Å². The van der Waals surface area contributed by atoms with Gasteiger partial charge in [0.25, 0.3) is 0 Å². The lowest BCUT2D eigenvalue weighted by atomic mass is 9.82. The molecule has 1 saturated carbocycles. The van der Waals surface area contributed by atoms with E-state index in [-0.39, 0.29) is 5.91 Å². The predicted octanol–water partition coefficient (Wildman–Crippen LogP) is 0.775. The second-order valence-corrected chi connectivity index (χ2v) is 4.66. The van der Waals surface area contributed by atoms with Crippen LogP contribution in [-0.4, -0.2) is 39.8 Å². The van der Waals surface area contributed by atoms with Gasteiger partial charge in [-0.3, -0.25) is 4.79 Å². The van der Waals surface area contributed by atoms with E-state index >= 15 is 0 Å². The minimum Gasteiger partial charge on any atom is -0.384 e. The van der Waals surface area contributed by atoms with Crippen LogP contribution in [0.15, 0.2) is 0 Å². The molecule has 0 aromatic rings. The lowest BCUT2D eigenvalue weighted by Crippen LogP contribution is -2.35. The maximum atomic E-state index is 11.0. The van der Waals surface area contributed by atoms with Gasteiger partial charge in [-0.1, -0.05) is 6.42 Å². The highest BCUT2D eigenvalue weighted by Crippen LogP contribution is 2.28. The highest BCUT2D eigenvalue weighted by Gasteiger charge is 2.21. The molecule has 1 fully saturated rings. The van der Waals surface area contributed by atoms with E-state index in [0.717, 1.165) is 13.2 Å². The number of rotatable bonds is 6. The summed E-state index contributed by atoms with van der Waals surface area (Å²) in [7, 11) is 3.44. The summed E-state index contributed by atoms with van der Waals surface area (Å²) in [6.45, 7) is 2.27. The summed E-state index contributed by atoms with van der Waals surface area (Å²) < 4.78 is 5.21. The van der Waals surface area contributed by atoms with E-state index in [4.69, 9.17) is 4.74 Å². The average molecular weight is 228 g/mol. The van der Waals surface area contributed by atoms with E-state index in [1.807, 2.05) is 0 Å². The Hall–Kier alpha value is -0.610. The minimum absolute atomic E-state index is 0.0595. The summed E-state index contributed by atoms with van der Waals surface area (Å²) in [5.74, 6) is 1.48. The van der Waals surface area contributed by atoms with Crippen LogP contribution < -0.4 is 10.6 Å². The third kappa shape index (κ3) is 4.94. The lowest BCUT2D eigenvalue weighted by molar-refractivity contribution is -0.119. The number of ether oxygens (including phenoxy) is 1. The van der Waals surface area contributed by atoms with E-state index in [2.05, 4.69) is 10.6 Å². The van der Waals surface area contributed by atoms with Crippen molar-refractivity contribution >= 4 is 5.91 Å². The number of hydrogen-bond donors (Lipinski definition) is 2. The monoisotopic (exact) mass is 228 g/mol. The number of amides is 1. The molecular weight excluding hydrogens is 204 g/mol. The van der Waals surface area contributed by atoms with Gasteiger partial charge in [-0.15, -0.1) is 0 Å². The number of carbonyl (C=O) groups excluding carboxylic acids is 1. The van der Waals surface area contributed by atoms with E-state index in [1.54, 1.807) is 14.2 Å².